The second kappa shape index (κ2) is 8.74. The zero-order valence-corrected chi connectivity index (χ0v) is 18.2. The number of halogens is 4. The fraction of sp³-hybridized carbons (Fsp3) is 0.278. The molecule has 0 radical (unpaired) electrons. The fourth-order valence-corrected chi connectivity index (χ4v) is 3.55. The molecule has 148 valence electrons. The number of hydrogen-bond acceptors (Lipinski definition) is 3. The van der Waals surface area contributed by atoms with Crippen molar-refractivity contribution < 1.29 is 4.79 Å². The molecule has 3 aromatic rings. The van der Waals surface area contributed by atoms with E-state index in [0.29, 0.717) is 33.2 Å². The van der Waals surface area contributed by atoms with Crippen molar-refractivity contribution >= 4 is 58.1 Å². The third-order valence-electron chi connectivity index (χ3n) is 4.20. The predicted octanol–water partition coefficient (Wildman–Crippen LogP) is 5.39. The highest BCUT2D eigenvalue weighted by atomic mass is 35.5. The van der Waals surface area contributed by atoms with Gasteiger partial charge in [0.1, 0.15) is 5.02 Å². The zero-order valence-electron chi connectivity index (χ0n) is 15.1. The van der Waals surface area contributed by atoms with Crippen molar-refractivity contribution in [1.29, 1.82) is 0 Å². The topological polar surface area (TPSA) is 64.7 Å². The van der Waals surface area contributed by atoms with Crippen molar-refractivity contribution in [2.24, 2.45) is 0 Å². The lowest BCUT2D eigenvalue weighted by atomic mass is 10.2. The minimum Gasteiger partial charge on any atom is -0.308 e. The van der Waals surface area contributed by atoms with Crippen molar-refractivity contribution in [3.63, 3.8) is 0 Å². The van der Waals surface area contributed by atoms with Gasteiger partial charge in [0, 0.05) is 28.2 Å². The molecule has 1 aromatic carbocycles. The molecule has 3 rings (SSSR count). The summed E-state index contributed by atoms with van der Waals surface area (Å²) in [6.45, 7) is 4.42. The molecule has 28 heavy (non-hydrogen) atoms. The van der Waals surface area contributed by atoms with Crippen molar-refractivity contribution in [1.82, 2.24) is 19.6 Å². The second-order valence-corrected chi connectivity index (χ2v) is 7.83. The lowest BCUT2D eigenvalue weighted by Crippen LogP contribution is -2.16. The Hall–Kier alpha value is -1.73. The highest BCUT2D eigenvalue weighted by Crippen LogP contribution is 2.27. The summed E-state index contributed by atoms with van der Waals surface area (Å²) in [6, 6.07) is 5.27. The average Bonchev–Trinajstić information content (AvgIpc) is 3.10. The van der Waals surface area contributed by atoms with E-state index in [1.807, 2.05) is 13.8 Å². The van der Waals surface area contributed by atoms with E-state index in [9.17, 15) is 4.79 Å². The molecule has 1 N–H and O–H groups in total. The summed E-state index contributed by atoms with van der Waals surface area (Å²) in [5.74, 6) is 0.0489. The third kappa shape index (κ3) is 4.63. The molecule has 2 heterocycles. The van der Waals surface area contributed by atoms with Crippen LogP contribution in [0.15, 0.2) is 24.4 Å². The largest absolute Gasteiger partial charge is 0.308 e. The predicted molar refractivity (Wildman–Crippen MR) is 113 cm³/mol. The molecule has 0 bridgehead atoms. The van der Waals surface area contributed by atoms with Crippen LogP contribution in [0.5, 0.6) is 0 Å². The van der Waals surface area contributed by atoms with Gasteiger partial charge in [0.05, 0.1) is 29.5 Å². The van der Waals surface area contributed by atoms with E-state index in [4.69, 9.17) is 46.4 Å². The SMILES string of the molecule is Cc1nn(CCC(=O)Nc2nn(Cc3c(Cl)cccc3Cl)cc2Cl)c(C)c1Cl. The lowest BCUT2D eigenvalue weighted by Gasteiger charge is -2.07. The Morgan fingerprint density at radius 2 is 1.75 bits per heavy atom. The quantitative estimate of drug-likeness (QED) is 0.536. The van der Waals surface area contributed by atoms with Crippen LogP contribution >= 0.6 is 46.4 Å². The molecule has 0 aliphatic heterocycles. The van der Waals surface area contributed by atoms with Crippen molar-refractivity contribution in [3.05, 3.63) is 61.4 Å². The van der Waals surface area contributed by atoms with Crippen LogP contribution in [0.1, 0.15) is 23.4 Å². The molecule has 6 nitrogen and oxygen atoms in total. The average molecular weight is 461 g/mol. The first-order valence-electron chi connectivity index (χ1n) is 8.41. The first kappa shape index (κ1) is 21.0. The van der Waals surface area contributed by atoms with Crippen molar-refractivity contribution in [2.75, 3.05) is 5.32 Å². The molecular weight excluding hydrogens is 444 g/mol. The smallest absolute Gasteiger partial charge is 0.227 e. The number of rotatable bonds is 6. The van der Waals surface area contributed by atoms with Gasteiger partial charge < -0.3 is 5.32 Å². The van der Waals surface area contributed by atoms with Gasteiger partial charge in [-0.3, -0.25) is 14.2 Å². The van der Waals surface area contributed by atoms with Gasteiger partial charge in [0.25, 0.3) is 0 Å². The van der Waals surface area contributed by atoms with Crippen LogP contribution in [-0.2, 0) is 17.9 Å². The highest BCUT2D eigenvalue weighted by molar-refractivity contribution is 6.36. The maximum atomic E-state index is 12.3. The van der Waals surface area contributed by atoms with Crippen LogP contribution in [0.25, 0.3) is 0 Å². The van der Waals surface area contributed by atoms with Crippen LogP contribution in [0.4, 0.5) is 5.82 Å². The third-order valence-corrected chi connectivity index (χ3v) is 5.73. The monoisotopic (exact) mass is 459 g/mol. The van der Waals surface area contributed by atoms with Crippen molar-refractivity contribution in [2.45, 2.75) is 33.4 Å². The molecule has 0 atom stereocenters. The van der Waals surface area contributed by atoms with Gasteiger partial charge in [-0.15, -0.1) is 0 Å². The molecule has 0 fully saturated rings. The number of nitrogens with one attached hydrogen (secondary N) is 1. The second-order valence-electron chi connectivity index (χ2n) is 6.23. The van der Waals surface area contributed by atoms with E-state index in [0.717, 1.165) is 17.0 Å². The molecule has 0 spiro atoms. The summed E-state index contributed by atoms with van der Waals surface area (Å²) in [7, 11) is 0. The number of carbonyl (C=O) groups is 1. The molecule has 0 saturated carbocycles. The molecular formula is C18H17Cl4N5O. The van der Waals surface area contributed by atoms with Crippen LogP contribution in [0.3, 0.4) is 0 Å². The molecule has 10 heteroatoms. The summed E-state index contributed by atoms with van der Waals surface area (Å²) in [4.78, 5) is 12.3. The molecule has 2 aromatic heterocycles. The number of aryl methyl sites for hydroxylation is 2. The molecule has 0 aliphatic rings. The Balaban J connectivity index is 1.64. The number of anilines is 1. The Kier molecular flexibility index (Phi) is 6.55. The summed E-state index contributed by atoms with van der Waals surface area (Å²) >= 11 is 24.7. The number of nitrogens with zero attached hydrogens (tertiary/aromatic N) is 4. The molecule has 1 amide bonds. The normalized spacial score (nSPS) is 11.1. The van der Waals surface area contributed by atoms with Gasteiger partial charge in [0.15, 0.2) is 5.82 Å². The summed E-state index contributed by atoms with van der Waals surface area (Å²) in [5, 5.41) is 13.3. The number of aromatic nitrogens is 4. The minimum absolute atomic E-state index is 0.206. The van der Waals surface area contributed by atoms with E-state index in [2.05, 4.69) is 15.5 Å². The number of carbonyl (C=O) groups excluding carboxylic acids is 1. The van der Waals surface area contributed by atoms with E-state index in [-0.39, 0.29) is 18.1 Å². The van der Waals surface area contributed by atoms with Gasteiger partial charge >= 0.3 is 0 Å². The standard InChI is InChI=1S/C18H17Cl4N5O/c1-10-17(22)11(2)27(24-10)7-6-16(28)23-18-15(21)9-26(25-18)8-12-13(19)4-3-5-14(12)20/h3-5,9H,6-8H2,1-2H3,(H,23,25,28). The number of hydrogen-bond donors (Lipinski definition) is 1. The van der Waals surface area contributed by atoms with Crippen molar-refractivity contribution in [3.8, 4) is 0 Å². The Morgan fingerprint density at radius 3 is 2.36 bits per heavy atom. The lowest BCUT2D eigenvalue weighted by molar-refractivity contribution is -0.116. The Labute approximate surface area is 182 Å². The van der Waals surface area contributed by atoms with Gasteiger partial charge in [0.2, 0.25) is 5.91 Å². The van der Waals surface area contributed by atoms with Gasteiger partial charge in [-0.05, 0) is 26.0 Å². The number of benzene rings is 1. The molecule has 0 unspecified atom stereocenters. The van der Waals surface area contributed by atoms with Gasteiger partial charge in [-0.2, -0.15) is 10.2 Å². The summed E-state index contributed by atoms with van der Waals surface area (Å²) < 4.78 is 3.28. The Morgan fingerprint density at radius 1 is 1.07 bits per heavy atom. The van der Waals surface area contributed by atoms with E-state index in [1.165, 1.54) is 0 Å². The zero-order chi connectivity index (χ0) is 20.4. The fourth-order valence-electron chi connectivity index (χ4n) is 2.70. The van der Waals surface area contributed by atoms with Gasteiger partial charge in [-0.1, -0.05) is 52.5 Å². The minimum atomic E-state index is -0.230. The summed E-state index contributed by atoms with van der Waals surface area (Å²) in [6.07, 6.45) is 1.81. The van der Waals surface area contributed by atoms with Crippen LogP contribution in [0, 0.1) is 13.8 Å². The van der Waals surface area contributed by atoms with Crippen LogP contribution in [-0.4, -0.2) is 25.5 Å². The maximum Gasteiger partial charge on any atom is 0.227 e. The van der Waals surface area contributed by atoms with Crippen LogP contribution in [0.2, 0.25) is 20.1 Å². The summed E-state index contributed by atoms with van der Waals surface area (Å²) in [5.41, 5.74) is 2.29. The first-order chi connectivity index (χ1) is 13.3. The van der Waals surface area contributed by atoms with Crippen LogP contribution < -0.4 is 5.32 Å². The highest BCUT2D eigenvalue weighted by Gasteiger charge is 2.14. The maximum absolute atomic E-state index is 12.3. The first-order valence-corrected chi connectivity index (χ1v) is 9.92. The Bertz CT molecular complexity index is 1010. The van der Waals surface area contributed by atoms with Gasteiger partial charge in [-0.25, -0.2) is 0 Å². The van der Waals surface area contributed by atoms with E-state index >= 15 is 0 Å². The molecule has 0 saturated heterocycles. The van der Waals surface area contributed by atoms with E-state index < -0.39 is 0 Å². The number of amides is 1. The molecule has 0 aliphatic carbocycles. The van der Waals surface area contributed by atoms with E-state index in [1.54, 1.807) is 33.8 Å².